The molecule has 1 aromatic heterocycles. The molecule has 1 saturated carbocycles. The van der Waals surface area contributed by atoms with E-state index in [9.17, 15) is 14.4 Å². The van der Waals surface area contributed by atoms with Gasteiger partial charge in [-0.3, -0.25) is 19.6 Å². The van der Waals surface area contributed by atoms with Crippen LogP contribution in [0.15, 0.2) is 54.6 Å². The smallest absolute Gasteiger partial charge is 0.274 e. The van der Waals surface area contributed by atoms with E-state index in [-0.39, 0.29) is 30.9 Å². The standard InChI is InChI=1S/C25H28N4O4/c30-23(26-20-7-2-1-3-8-20)16-29(15-17-10-12-18(13-11-17)24(31)28-33)25(32)22-14-19-6-4-5-9-21(19)27-22/h4-6,9-14,20,27,33H,1-3,7-8,15-16H2,(H,26,30)(H,28,31). The van der Waals surface area contributed by atoms with Crippen molar-refractivity contribution >= 4 is 28.6 Å². The predicted molar refractivity (Wildman–Crippen MR) is 124 cm³/mol. The fourth-order valence-corrected chi connectivity index (χ4v) is 4.30. The number of hydroxylamine groups is 1. The largest absolute Gasteiger partial charge is 0.352 e. The average molecular weight is 449 g/mol. The highest BCUT2D eigenvalue weighted by molar-refractivity contribution is 5.99. The van der Waals surface area contributed by atoms with Crippen molar-refractivity contribution in [3.8, 4) is 0 Å². The number of nitrogens with zero attached hydrogens (tertiary/aromatic N) is 1. The number of H-pyrrole nitrogens is 1. The van der Waals surface area contributed by atoms with Crippen LogP contribution in [0.25, 0.3) is 10.9 Å². The first-order valence-electron chi connectivity index (χ1n) is 11.2. The number of amides is 3. The first kappa shape index (κ1) is 22.5. The zero-order chi connectivity index (χ0) is 23.2. The number of aromatic nitrogens is 1. The van der Waals surface area contributed by atoms with Gasteiger partial charge < -0.3 is 15.2 Å². The minimum Gasteiger partial charge on any atom is -0.352 e. The van der Waals surface area contributed by atoms with Crippen LogP contribution in [0.1, 0.15) is 58.5 Å². The van der Waals surface area contributed by atoms with Gasteiger partial charge in [-0.25, -0.2) is 5.48 Å². The first-order valence-corrected chi connectivity index (χ1v) is 11.2. The molecule has 2 aromatic carbocycles. The van der Waals surface area contributed by atoms with Crippen molar-refractivity contribution < 1.29 is 19.6 Å². The first-order chi connectivity index (χ1) is 16.0. The molecule has 1 heterocycles. The average Bonchev–Trinajstić information content (AvgIpc) is 3.28. The molecule has 0 bridgehead atoms. The summed E-state index contributed by atoms with van der Waals surface area (Å²) >= 11 is 0. The fraction of sp³-hybridized carbons (Fsp3) is 0.320. The second kappa shape index (κ2) is 10.3. The Labute approximate surface area is 191 Å². The Morgan fingerprint density at radius 3 is 2.42 bits per heavy atom. The van der Waals surface area contributed by atoms with Gasteiger partial charge in [-0.05, 0) is 42.7 Å². The normalized spacial score (nSPS) is 14.1. The van der Waals surface area contributed by atoms with Gasteiger partial charge in [0.2, 0.25) is 5.91 Å². The summed E-state index contributed by atoms with van der Waals surface area (Å²) in [6.07, 6.45) is 5.35. The minimum atomic E-state index is -0.612. The number of nitrogens with one attached hydrogen (secondary N) is 3. The van der Waals surface area contributed by atoms with E-state index in [1.165, 1.54) is 11.3 Å². The Kier molecular flexibility index (Phi) is 7.04. The van der Waals surface area contributed by atoms with Crippen LogP contribution in [0.5, 0.6) is 0 Å². The molecule has 1 aliphatic carbocycles. The van der Waals surface area contributed by atoms with Gasteiger partial charge in [-0.2, -0.15) is 0 Å². The zero-order valence-corrected chi connectivity index (χ0v) is 18.3. The molecular formula is C25H28N4O4. The molecule has 0 unspecified atom stereocenters. The van der Waals surface area contributed by atoms with Gasteiger partial charge in [-0.15, -0.1) is 0 Å². The maximum atomic E-state index is 13.4. The third-order valence-corrected chi connectivity index (χ3v) is 6.04. The third kappa shape index (κ3) is 5.59. The molecule has 4 rings (SSSR count). The van der Waals surface area contributed by atoms with E-state index in [0.717, 1.165) is 42.1 Å². The van der Waals surface area contributed by atoms with Crippen molar-refractivity contribution in [2.45, 2.75) is 44.7 Å². The number of aromatic amines is 1. The maximum absolute atomic E-state index is 13.4. The number of carbonyl (C=O) groups excluding carboxylic acids is 3. The molecule has 0 radical (unpaired) electrons. The Morgan fingerprint density at radius 2 is 1.73 bits per heavy atom. The molecule has 33 heavy (non-hydrogen) atoms. The third-order valence-electron chi connectivity index (χ3n) is 6.04. The lowest BCUT2D eigenvalue weighted by atomic mass is 9.95. The topological polar surface area (TPSA) is 115 Å². The van der Waals surface area contributed by atoms with Crippen molar-refractivity contribution in [2.24, 2.45) is 0 Å². The van der Waals surface area contributed by atoms with Crippen LogP contribution < -0.4 is 10.8 Å². The molecule has 8 nitrogen and oxygen atoms in total. The molecule has 172 valence electrons. The molecule has 8 heteroatoms. The Bertz CT molecular complexity index is 1100. The van der Waals surface area contributed by atoms with Gasteiger partial charge in [0.1, 0.15) is 12.2 Å². The van der Waals surface area contributed by atoms with Crippen LogP contribution in [-0.4, -0.2) is 45.4 Å². The number of fused-ring (bicyclic) bond motifs is 1. The number of rotatable bonds is 7. The highest BCUT2D eigenvalue weighted by atomic mass is 16.5. The van der Waals surface area contributed by atoms with Crippen LogP contribution >= 0.6 is 0 Å². The van der Waals surface area contributed by atoms with Gasteiger partial charge >= 0.3 is 0 Å². The van der Waals surface area contributed by atoms with E-state index >= 15 is 0 Å². The number of hydrogen-bond acceptors (Lipinski definition) is 4. The van der Waals surface area contributed by atoms with Crippen LogP contribution in [-0.2, 0) is 11.3 Å². The second-order valence-electron chi connectivity index (χ2n) is 8.47. The number of para-hydroxylation sites is 1. The molecule has 0 spiro atoms. The molecule has 3 aromatic rings. The van der Waals surface area contributed by atoms with E-state index < -0.39 is 5.91 Å². The van der Waals surface area contributed by atoms with Crippen molar-refractivity contribution in [1.29, 1.82) is 0 Å². The minimum absolute atomic E-state index is 0.0659. The summed E-state index contributed by atoms with van der Waals surface area (Å²) in [4.78, 5) is 42.4. The summed E-state index contributed by atoms with van der Waals surface area (Å²) in [6, 6.07) is 16.1. The molecule has 0 saturated heterocycles. The second-order valence-corrected chi connectivity index (χ2v) is 8.47. The number of carbonyl (C=O) groups is 3. The van der Waals surface area contributed by atoms with E-state index in [0.29, 0.717) is 11.3 Å². The molecule has 4 N–H and O–H groups in total. The van der Waals surface area contributed by atoms with Crippen LogP contribution in [0, 0.1) is 0 Å². The summed E-state index contributed by atoms with van der Waals surface area (Å²) in [5.41, 5.74) is 3.93. The lowest BCUT2D eigenvalue weighted by Gasteiger charge is -2.26. The lowest BCUT2D eigenvalue weighted by molar-refractivity contribution is -0.122. The summed E-state index contributed by atoms with van der Waals surface area (Å²) in [5, 5.41) is 12.8. The Morgan fingerprint density at radius 1 is 1.00 bits per heavy atom. The monoisotopic (exact) mass is 448 g/mol. The SMILES string of the molecule is O=C(CN(Cc1ccc(C(=O)NO)cc1)C(=O)c1cc2ccccc2[nH]1)NC1CCCCC1. The molecule has 0 aliphatic heterocycles. The quantitative estimate of drug-likeness (QED) is 0.328. The zero-order valence-electron chi connectivity index (χ0n) is 18.3. The highest BCUT2D eigenvalue weighted by Gasteiger charge is 2.23. The van der Waals surface area contributed by atoms with Crippen molar-refractivity contribution in [3.05, 3.63) is 71.4 Å². The van der Waals surface area contributed by atoms with Crippen LogP contribution in [0.2, 0.25) is 0 Å². The van der Waals surface area contributed by atoms with Gasteiger partial charge in [0.25, 0.3) is 11.8 Å². The molecular weight excluding hydrogens is 420 g/mol. The van der Waals surface area contributed by atoms with Crippen LogP contribution in [0.4, 0.5) is 0 Å². The number of hydrogen-bond donors (Lipinski definition) is 4. The van der Waals surface area contributed by atoms with Crippen molar-refractivity contribution in [2.75, 3.05) is 6.54 Å². The summed E-state index contributed by atoms with van der Waals surface area (Å²) in [5.74, 6) is -1.07. The summed E-state index contributed by atoms with van der Waals surface area (Å²) < 4.78 is 0. The van der Waals surface area contributed by atoms with Crippen molar-refractivity contribution in [3.63, 3.8) is 0 Å². The highest BCUT2D eigenvalue weighted by Crippen LogP contribution is 2.19. The van der Waals surface area contributed by atoms with Crippen LogP contribution in [0.3, 0.4) is 0 Å². The van der Waals surface area contributed by atoms with Crippen molar-refractivity contribution in [1.82, 2.24) is 20.7 Å². The molecule has 1 aliphatic rings. The van der Waals surface area contributed by atoms with Gasteiger partial charge in [-0.1, -0.05) is 49.6 Å². The van der Waals surface area contributed by atoms with E-state index in [1.54, 1.807) is 35.8 Å². The van der Waals surface area contributed by atoms with E-state index in [1.807, 2.05) is 24.3 Å². The van der Waals surface area contributed by atoms with Gasteiger partial charge in [0, 0.05) is 29.1 Å². The Hall–Kier alpha value is -3.65. The summed E-state index contributed by atoms with van der Waals surface area (Å²) in [6.45, 7) is 0.136. The molecule has 0 atom stereocenters. The Balaban J connectivity index is 1.53. The lowest BCUT2D eigenvalue weighted by Crippen LogP contribution is -2.44. The predicted octanol–water partition coefficient (Wildman–Crippen LogP) is 3.38. The van der Waals surface area contributed by atoms with E-state index in [4.69, 9.17) is 5.21 Å². The van der Waals surface area contributed by atoms with Gasteiger partial charge in [0.05, 0.1) is 0 Å². The summed E-state index contributed by atoms with van der Waals surface area (Å²) in [7, 11) is 0. The number of benzene rings is 2. The van der Waals surface area contributed by atoms with E-state index in [2.05, 4.69) is 10.3 Å². The molecule has 3 amide bonds. The fourth-order valence-electron chi connectivity index (χ4n) is 4.30. The van der Waals surface area contributed by atoms with Gasteiger partial charge in [0.15, 0.2) is 0 Å². The molecule has 1 fully saturated rings. The maximum Gasteiger partial charge on any atom is 0.274 e.